The first-order valence-electron chi connectivity index (χ1n) is 4.56. The van der Waals surface area contributed by atoms with Crippen molar-refractivity contribution in [2.75, 3.05) is 19.6 Å². The molecule has 0 bridgehead atoms. The predicted octanol–water partition coefficient (Wildman–Crippen LogP) is 1.09. The summed E-state index contributed by atoms with van der Waals surface area (Å²) >= 11 is 0. The van der Waals surface area contributed by atoms with E-state index < -0.39 is 12.1 Å². The van der Waals surface area contributed by atoms with Crippen molar-refractivity contribution in [2.45, 2.75) is 19.0 Å². The maximum absolute atomic E-state index is 11.7. The second-order valence-corrected chi connectivity index (χ2v) is 3.42. The fourth-order valence-electron chi connectivity index (χ4n) is 1.25. The van der Waals surface area contributed by atoms with Crippen LogP contribution in [0.3, 0.4) is 0 Å². The molecule has 0 aliphatic carbocycles. The highest BCUT2D eigenvalue weighted by molar-refractivity contribution is 5.85. The highest BCUT2D eigenvalue weighted by Gasteiger charge is 2.38. The summed E-state index contributed by atoms with van der Waals surface area (Å²) in [4.78, 5) is 10.3. The van der Waals surface area contributed by atoms with Crippen molar-refractivity contribution in [1.29, 1.82) is 0 Å². The minimum absolute atomic E-state index is 0. The zero-order valence-corrected chi connectivity index (χ0v) is 8.88. The van der Waals surface area contributed by atoms with Gasteiger partial charge < -0.3 is 10.6 Å². The predicted molar refractivity (Wildman–Crippen MR) is 51.9 cm³/mol. The molecule has 1 aliphatic heterocycles. The van der Waals surface area contributed by atoms with E-state index in [1.807, 2.05) is 5.32 Å². The Bertz CT molecular complexity index is 207. The minimum atomic E-state index is -4.75. The van der Waals surface area contributed by atoms with Gasteiger partial charge in [0.1, 0.15) is 0 Å². The second kappa shape index (κ2) is 6.17. The van der Waals surface area contributed by atoms with Crippen molar-refractivity contribution in [3.8, 4) is 0 Å². The number of hydrogen-bond donors (Lipinski definition) is 2. The molecule has 0 aromatic carbocycles. The van der Waals surface area contributed by atoms with E-state index in [-0.39, 0.29) is 19.0 Å². The molecule has 0 spiro atoms. The Balaban J connectivity index is 0.00000196. The van der Waals surface area contributed by atoms with Gasteiger partial charge in [0.15, 0.2) is 0 Å². The maximum Gasteiger partial charge on any atom is 0.471 e. The monoisotopic (exact) mass is 246 g/mol. The summed E-state index contributed by atoms with van der Waals surface area (Å²) in [6, 6.07) is 0. The summed E-state index contributed by atoms with van der Waals surface area (Å²) in [5.74, 6) is -1.28. The lowest BCUT2D eigenvalue weighted by Crippen LogP contribution is -2.42. The van der Waals surface area contributed by atoms with Crippen LogP contribution >= 0.6 is 12.4 Å². The lowest BCUT2D eigenvalue weighted by atomic mass is 9.98. The Morgan fingerprint density at radius 3 is 2.40 bits per heavy atom. The summed E-state index contributed by atoms with van der Waals surface area (Å²) in [5.41, 5.74) is 0. The van der Waals surface area contributed by atoms with Gasteiger partial charge >= 0.3 is 12.1 Å². The largest absolute Gasteiger partial charge is 0.471 e. The molecule has 1 heterocycles. The van der Waals surface area contributed by atoms with E-state index in [9.17, 15) is 18.0 Å². The molecule has 90 valence electrons. The SMILES string of the molecule is Cl.O=C(NCCCC1CNC1)C(F)(F)F. The van der Waals surface area contributed by atoms with Gasteiger partial charge in [0.2, 0.25) is 0 Å². The third-order valence-corrected chi connectivity index (χ3v) is 2.20. The summed E-state index contributed by atoms with van der Waals surface area (Å²) in [5, 5.41) is 4.91. The molecule has 2 N–H and O–H groups in total. The van der Waals surface area contributed by atoms with Crippen molar-refractivity contribution in [3.63, 3.8) is 0 Å². The van der Waals surface area contributed by atoms with E-state index in [2.05, 4.69) is 5.32 Å². The van der Waals surface area contributed by atoms with Crippen LogP contribution in [-0.4, -0.2) is 31.7 Å². The molecule has 0 atom stereocenters. The van der Waals surface area contributed by atoms with Gasteiger partial charge in [-0.2, -0.15) is 13.2 Å². The standard InChI is InChI=1S/C8H13F3N2O.ClH/c9-8(10,11)7(14)13-3-1-2-6-4-12-5-6;/h6,12H,1-5H2,(H,13,14);1H. The van der Waals surface area contributed by atoms with Crippen LogP contribution in [0.5, 0.6) is 0 Å². The number of hydrogen-bond acceptors (Lipinski definition) is 2. The average molecular weight is 247 g/mol. The minimum Gasteiger partial charge on any atom is -0.348 e. The van der Waals surface area contributed by atoms with Gasteiger partial charge in [0.05, 0.1) is 0 Å². The van der Waals surface area contributed by atoms with E-state index in [0.717, 1.165) is 19.5 Å². The van der Waals surface area contributed by atoms with Crippen molar-refractivity contribution in [1.82, 2.24) is 10.6 Å². The van der Waals surface area contributed by atoms with Crippen molar-refractivity contribution in [2.24, 2.45) is 5.92 Å². The van der Waals surface area contributed by atoms with Gasteiger partial charge in [-0.1, -0.05) is 0 Å². The summed E-state index contributed by atoms with van der Waals surface area (Å²) in [6.07, 6.45) is -3.28. The first kappa shape index (κ1) is 14.5. The fraction of sp³-hybridized carbons (Fsp3) is 0.875. The third kappa shape index (κ3) is 5.22. The van der Waals surface area contributed by atoms with Crippen LogP contribution in [-0.2, 0) is 4.79 Å². The molecule has 1 fully saturated rings. The molecular weight excluding hydrogens is 233 g/mol. The van der Waals surface area contributed by atoms with Crippen LogP contribution in [0, 0.1) is 5.92 Å². The second-order valence-electron chi connectivity index (χ2n) is 3.42. The van der Waals surface area contributed by atoms with E-state index in [1.54, 1.807) is 0 Å². The number of rotatable bonds is 4. The molecule has 1 rings (SSSR count). The Labute approximate surface area is 92.2 Å². The molecule has 0 radical (unpaired) electrons. The Hall–Kier alpha value is -0.490. The van der Waals surface area contributed by atoms with E-state index >= 15 is 0 Å². The van der Waals surface area contributed by atoms with Crippen LogP contribution in [0.25, 0.3) is 0 Å². The van der Waals surface area contributed by atoms with E-state index in [4.69, 9.17) is 0 Å². The number of carbonyl (C=O) groups is 1. The number of alkyl halides is 3. The quantitative estimate of drug-likeness (QED) is 0.729. The molecule has 1 amide bonds. The molecule has 0 saturated carbocycles. The molecule has 0 unspecified atom stereocenters. The molecule has 3 nitrogen and oxygen atoms in total. The zero-order chi connectivity index (χ0) is 10.6. The number of amides is 1. The van der Waals surface area contributed by atoms with Gasteiger partial charge in [0, 0.05) is 6.54 Å². The topological polar surface area (TPSA) is 41.1 Å². The molecule has 7 heteroatoms. The van der Waals surface area contributed by atoms with Crippen molar-refractivity contribution in [3.05, 3.63) is 0 Å². The van der Waals surface area contributed by atoms with Gasteiger partial charge in [-0.25, -0.2) is 0 Å². The molecule has 1 saturated heterocycles. The maximum atomic E-state index is 11.7. The number of nitrogens with one attached hydrogen (secondary N) is 2. The molecule has 0 aromatic heterocycles. The Morgan fingerprint density at radius 1 is 1.40 bits per heavy atom. The summed E-state index contributed by atoms with van der Waals surface area (Å²) in [7, 11) is 0. The smallest absolute Gasteiger partial charge is 0.348 e. The molecular formula is C8H14ClF3N2O. The van der Waals surface area contributed by atoms with Crippen LogP contribution < -0.4 is 10.6 Å². The van der Waals surface area contributed by atoms with Gasteiger partial charge in [-0.05, 0) is 31.8 Å². The lowest BCUT2D eigenvalue weighted by Gasteiger charge is -2.26. The van der Waals surface area contributed by atoms with Crippen LogP contribution in [0.1, 0.15) is 12.8 Å². The van der Waals surface area contributed by atoms with E-state index in [0.29, 0.717) is 12.3 Å². The first-order chi connectivity index (χ1) is 6.50. The van der Waals surface area contributed by atoms with Gasteiger partial charge in [0.25, 0.3) is 0 Å². The lowest BCUT2D eigenvalue weighted by molar-refractivity contribution is -0.173. The number of halogens is 4. The highest BCUT2D eigenvalue weighted by atomic mass is 35.5. The Kier molecular flexibility index (Phi) is 5.97. The molecule has 0 aromatic rings. The van der Waals surface area contributed by atoms with Gasteiger partial charge in [-0.15, -0.1) is 12.4 Å². The first-order valence-corrected chi connectivity index (χ1v) is 4.56. The fourth-order valence-corrected chi connectivity index (χ4v) is 1.25. The van der Waals surface area contributed by atoms with Crippen LogP contribution in [0.4, 0.5) is 13.2 Å². The molecule has 1 aliphatic rings. The van der Waals surface area contributed by atoms with Crippen molar-refractivity contribution >= 4 is 18.3 Å². The molecule has 15 heavy (non-hydrogen) atoms. The van der Waals surface area contributed by atoms with E-state index in [1.165, 1.54) is 0 Å². The summed E-state index contributed by atoms with van der Waals surface area (Å²) < 4.78 is 35.1. The third-order valence-electron chi connectivity index (χ3n) is 2.20. The van der Waals surface area contributed by atoms with Crippen LogP contribution in [0.15, 0.2) is 0 Å². The normalized spacial score (nSPS) is 16.5. The Morgan fingerprint density at radius 2 is 2.00 bits per heavy atom. The average Bonchev–Trinajstić information content (AvgIpc) is 1.98. The van der Waals surface area contributed by atoms with Gasteiger partial charge in [-0.3, -0.25) is 4.79 Å². The zero-order valence-electron chi connectivity index (χ0n) is 8.06. The summed E-state index contributed by atoms with van der Waals surface area (Å²) in [6.45, 7) is 1.98. The number of carbonyl (C=O) groups excluding carboxylic acids is 1. The highest BCUT2D eigenvalue weighted by Crippen LogP contribution is 2.14. The van der Waals surface area contributed by atoms with Crippen LogP contribution in [0.2, 0.25) is 0 Å². The van der Waals surface area contributed by atoms with Crippen molar-refractivity contribution < 1.29 is 18.0 Å².